The van der Waals surface area contributed by atoms with Crippen LogP contribution >= 0.6 is 0 Å². The first-order valence-corrected chi connectivity index (χ1v) is 10.8. The smallest absolute Gasteiger partial charge is 0.254 e. The number of carbonyl (C=O) groups is 1. The van der Waals surface area contributed by atoms with Crippen LogP contribution in [0.1, 0.15) is 29.3 Å². The van der Waals surface area contributed by atoms with Gasteiger partial charge >= 0.3 is 0 Å². The zero-order valence-corrected chi connectivity index (χ0v) is 18.7. The molecule has 1 fully saturated rings. The van der Waals surface area contributed by atoms with E-state index in [4.69, 9.17) is 4.74 Å². The number of aliphatic imine (C=N–C) groups is 1. The number of rotatable bonds is 7. The highest BCUT2D eigenvalue weighted by Gasteiger charge is 2.32. The molecule has 0 unspecified atom stereocenters. The van der Waals surface area contributed by atoms with Crippen LogP contribution in [-0.2, 0) is 0 Å². The molecule has 0 aliphatic carbocycles. The minimum Gasteiger partial charge on any atom is -0.497 e. The number of anilines is 1. The first kappa shape index (κ1) is 21.6. The lowest BCUT2D eigenvalue weighted by Crippen LogP contribution is -2.34. The van der Waals surface area contributed by atoms with Gasteiger partial charge in [-0.25, -0.2) is 0 Å². The maximum Gasteiger partial charge on any atom is 0.254 e. The lowest BCUT2D eigenvalue weighted by atomic mass is 10.0. The molecule has 32 heavy (non-hydrogen) atoms. The quantitative estimate of drug-likeness (QED) is 0.552. The Hall–Kier alpha value is -3.61. The summed E-state index contributed by atoms with van der Waals surface area (Å²) in [6.45, 7) is 3.64. The fraction of sp³-hybridized carbons (Fsp3) is 0.320. The standard InChI is InChI=1S/C25H29N5O2/c1-17-9-18(16-30(17)25(31)20-5-4-6-23(11-20)32-3)12-27-24-8-7-19(10-21(24)13-26-2)22-14-28-29-15-22/h4-8,10-11,13-15,17-18,27H,9,12,16H2,1-3H3,(H,28,29)/t17-,18-/m0/s1. The van der Waals surface area contributed by atoms with Gasteiger partial charge in [-0.3, -0.25) is 14.9 Å². The topological polar surface area (TPSA) is 82.6 Å². The molecule has 3 aromatic rings. The van der Waals surface area contributed by atoms with Crippen molar-refractivity contribution in [1.29, 1.82) is 0 Å². The molecule has 166 valence electrons. The number of hydrogen-bond acceptors (Lipinski definition) is 5. The molecule has 4 rings (SSSR count). The Morgan fingerprint density at radius 3 is 2.94 bits per heavy atom. The third-order valence-electron chi connectivity index (χ3n) is 5.97. The maximum absolute atomic E-state index is 13.1. The van der Waals surface area contributed by atoms with Gasteiger partial charge in [0.15, 0.2) is 0 Å². The summed E-state index contributed by atoms with van der Waals surface area (Å²) in [5.41, 5.74) is 4.86. The van der Waals surface area contributed by atoms with Gasteiger partial charge < -0.3 is 15.0 Å². The molecular weight excluding hydrogens is 402 g/mol. The van der Waals surface area contributed by atoms with Gasteiger partial charge in [0.2, 0.25) is 0 Å². The monoisotopic (exact) mass is 431 g/mol. The first-order valence-electron chi connectivity index (χ1n) is 10.8. The fourth-order valence-electron chi connectivity index (χ4n) is 4.31. The number of ether oxygens (including phenoxy) is 1. The number of nitrogens with zero attached hydrogens (tertiary/aromatic N) is 3. The van der Waals surface area contributed by atoms with Crippen molar-refractivity contribution in [3.05, 3.63) is 66.0 Å². The molecule has 1 amide bonds. The second kappa shape index (κ2) is 9.68. The first-order chi connectivity index (χ1) is 15.6. The van der Waals surface area contributed by atoms with Crippen molar-refractivity contribution in [2.24, 2.45) is 10.9 Å². The highest BCUT2D eigenvalue weighted by atomic mass is 16.5. The third-order valence-corrected chi connectivity index (χ3v) is 5.97. The number of amides is 1. The number of likely N-dealkylation sites (tertiary alicyclic amines) is 1. The molecule has 0 bridgehead atoms. The average Bonchev–Trinajstić information content (AvgIpc) is 3.48. The molecule has 1 saturated heterocycles. The van der Waals surface area contributed by atoms with Crippen molar-refractivity contribution in [3.8, 4) is 16.9 Å². The van der Waals surface area contributed by atoms with E-state index in [-0.39, 0.29) is 11.9 Å². The number of benzene rings is 2. The molecule has 0 spiro atoms. The number of carbonyl (C=O) groups excluding carboxylic acids is 1. The predicted molar refractivity (Wildman–Crippen MR) is 128 cm³/mol. The van der Waals surface area contributed by atoms with Crippen molar-refractivity contribution in [2.45, 2.75) is 19.4 Å². The van der Waals surface area contributed by atoms with E-state index in [0.29, 0.717) is 17.2 Å². The second-order valence-corrected chi connectivity index (χ2v) is 8.20. The molecule has 0 saturated carbocycles. The lowest BCUT2D eigenvalue weighted by molar-refractivity contribution is 0.0743. The number of hydrogen-bond donors (Lipinski definition) is 2. The largest absolute Gasteiger partial charge is 0.497 e. The number of aromatic amines is 1. The second-order valence-electron chi connectivity index (χ2n) is 8.20. The summed E-state index contributed by atoms with van der Waals surface area (Å²) < 4.78 is 5.27. The normalized spacial score (nSPS) is 18.3. The minimum atomic E-state index is 0.0576. The van der Waals surface area contributed by atoms with Crippen LogP contribution in [0.4, 0.5) is 5.69 Å². The molecule has 0 radical (unpaired) electrons. The van der Waals surface area contributed by atoms with Crippen LogP contribution in [0.2, 0.25) is 0 Å². The van der Waals surface area contributed by atoms with E-state index >= 15 is 0 Å². The van der Waals surface area contributed by atoms with Gasteiger partial charge in [0, 0.05) is 61.0 Å². The molecule has 7 nitrogen and oxygen atoms in total. The van der Waals surface area contributed by atoms with Crippen LogP contribution in [0.25, 0.3) is 11.1 Å². The van der Waals surface area contributed by atoms with Gasteiger partial charge in [0.05, 0.1) is 13.3 Å². The summed E-state index contributed by atoms with van der Waals surface area (Å²) in [4.78, 5) is 19.2. The molecule has 1 aliphatic heterocycles. The van der Waals surface area contributed by atoms with Crippen molar-refractivity contribution in [2.75, 3.05) is 32.6 Å². The molecule has 2 heterocycles. The lowest BCUT2D eigenvalue weighted by Gasteiger charge is -2.22. The highest BCUT2D eigenvalue weighted by Crippen LogP contribution is 2.28. The van der Waals surface area contributed by atoms with Gasteiger partial charge in [0.25, 0.3) is 5.91 Å². The minimum absolute atomic E-state index is 0.0576. The summed E-state index contributed by atoms with van der Waals surface area (Å²) in [6, 6.07) is 13.8. The summed E-state index contributed by atoms with van der Waals surface area (Å²) >= 11 is 0. The predicted octanol–water partition coefficient (Wildman–Crippen LogP) is 4.10. The van der Waals surface area contributed by atoms with E-state index in [2.05, 4.69) is 45.6 Å². The summed E-state index contributed by atoms with van der Waals surface area (Å²) in [6.07, 6.45) is 6.51. The zero-order chi connectivity index (χ0) is 22.5. The van der Waals surface area contributed by atoms with E-state index in [9.17, 15) is 4.79 Å². The Morgan fingerprint density at radius 1 is 1.31 bits per heavy atom. The number of aromatic nitrogens is 2. The van der Waals surface area contributed by atoms with Crippen LogP contribution in [0, 0.1) is 5.92 Å². The summed E-state index contributed by atoms with van der Waals surface area (Å²) in [5.74, 6) is 1.13. The van der Waals surface area contributed by atoms with E-state index < -0.39 is 0 Å². The van der Waals surface area contributed by atoms with Gasteiger partial charge in [-0.1, -0.05) is 12.1 Å². The Morgan fingerprint density at radius 2 is 2.19 bits per heavy atom. The molecule has 2 atom stereocenters. The van der Waals surface area contributed by atoms with Gasteiger partial charge in [-0.15, -0.1) is 0 Å². The van der Waals surface area contributed by atoms with E-state index in [0.717, 1.165) is 41.9 Å². The third kappa shape index (κ3) is 4.66. The molecule has 2 N–H and O–H groups in total. The Balaban J connectivity index is 1.42. The highest BCUT2D eigenvalue weighted by molar-refractivity contribution is 5.95. The number of H-pyrrole nitrogens is 1. The van der Waals surface area contributed by atoms with Crippen molar-refractivity contribution in [3.63, 3.8) is 0 Å². The average molecular weight is 432 g/mol. The van der Waals surface area contributed by atoms with E-state index in [1.54, 1.807) is 20.2 Å². The van der Waals surface area contributed by atoms with Crippen molar-refractivity contribution >= 4 is 17.8 Å². The van der Waals surface area contributed by atoms with Crippen LogP contribution in [0.3, 0.4) is 0 Å². The zero-order valence-electron chi connectivity index (χ0n) is 18.7. The van der Waals surface area contributed by atoms with Crippen molar-refractivity contribution < 1.29 is 9.53 Å². The maximum atomic E-state index is 13.1. The molecular formula is C25H29N5O2. The van der Waals surface area contributed by atoms with Gasteiger partial charge in [-0.2, -0.15) is 5.10 Å². The Labute approximate surface area is 188 Å². The molecule has 2 aromatic carbocycles. The summed E-state index contributed by atoms with van der Waals surface area (Å²) in [5, 5.41) is 10.5. The fourth-order valence-corrected chi connectivity index (χ4v) is 4.31. The Kier molecular flexibility index (Phi) is 6.54. The van der Waals surface area contributed by atoms with Gasteiger partial charge in [0.1, 0.15) is 5.75 Å². The van der Waals surface area contributed by atoms with Crippen LogP contribution in [-0.4, -0.2) is 60.5 Å². The van der Waals surface area contributed by atoms with E-state index in [1.807, 2.05) is 41.7 Å². The molecule has 7 heteroatoms. The van der Waals surface area contributed by atoms with Gasteiger partial charge in [-0.05, 0) is 55.2 Å². The van der Waals surface area contributed by atoms with E-state index in [1.165, 1.54) is 0 Å². The van der Waals surface area contributed by atoms with Crippen molar-refractivity contribution in [1.82, 2.24) is 15.1 Å². The molecule has 1 aromatic heterocycles. The van der Waals surface area contributed by atoms with Crippen LogP contribution in [0.15, 0.2) is 59.9 Å². The van der Waals surface area contributed by atoms with Crippen LogP contribution < -0.4 is 10.1 Å². The molecule has 1 aliphatic rings. The number of nitrogens with one attached hydrogen (secondary N) is 2. The van der Waals surface area contributed by atoms with Crippen LogP contribution in [0.5, 0.6) is 5.75 Å². The Bertz CT molecular complexity index is 1090. The number of methoxy groups -OCH3 is 1. The SMILES string of the molecule is CN=Cc1cc(-c2cn[nH]c2)ccc1NC[C@@H]1C[C@H](C)N(C(=O)c2cccc(OC)c2)C1. The summed E-state index contributed by atoms with van der Waals surface area (Å²) in [7, 11) is 3.39.